The monoisotopic (exact) mass is 216 g/mol. The van der Waals surface area contributed by atoms with Crippen LogP contribution in [0.5, 0.6) is 0 Å². The summed E-state index contributed by atoms with van der Waals surface area (Å²) in [6, 6.07) is 5.31. The van der Waals surface area contributed by atoms with Crippen molar-refractivity contribution < 1.29 is 4.79 Å². The molecule has 2 aromatic heterocycles. The Labute approximate surface area is 92.6 Å². The first-order valence-electron chi connectivity index (χ1n) is 5.16. The first kappa shape index (κ1) is 10.5. The third kappa shape index (κ3) is 1.52. The van der Waals surface area contributed by atoms with Crippen LogP contribution in [0.15, 0.2) is 29.2 Å². The molecule has 0 aliphatic rings. The van der Waals surface area contributed by atoms with E-state index in [-0.39, 0.29) is 16.9 Å². The molecular formula is C12H12N2O2. The molecular weight excluding hydrogens is 204 g/mol. The number of nitrogens with zero attached hydrogens (tertiary/aromatic N) is 2. The van der Waals surface area contributed by atoms with Crippen molar-refractivity contribution in [3.63, 3.8) is 0 Å². The third-order valence-electron chi connectivity index (χ3n) is 2.50. The minimum Gasteiger partial charge on any atom is -0.294 e. The van der Waals surface area contributed by atoms with Crippen LogP contribution in [0.3, 0.4) is 0 Å². The van der Waals surface area contributed by atoms with Crippen LogP contribution in [0.25, 0.3) is 5.65 Å². The highest BCUT2D eigenvalue weighted by molar-refractivity contribution is 5.95. The van der Waals surface area contributed by atoms with E-state index in [0.29, 0.717) is 17.8 Å². The van der Waals surface area contributed by atoms with Gasteiger partial charge in [-0.15, -0.1) is 0 Å². The van der Waals surface area contributed by atoms with Crippen molar-refractivity contribution in [2.75, 3.05) is 0 Å². The maximum absolute atomic E-state index is 12.1. The van der Waals surface area contributed by atoms with E-state index in [4.69, 9.17) is 0 Å². The summed E-state index contributed by atoms with van der Waals surface area (Å²) in [7, 11) is 0. The van der Waals surface area contributed by atoms with E-state index in [9.17, 15) is 9.59 Å². The number of Topliss-reactive ketones (excluding diaryl/α,β-unsaturated/α-hetero) is 1. The molecule has 2 rings (SSSR count). The van der Waals surface area contributed by atoms with Crippen LogP contribution in [-0.2, 0) is 6.42 Å². The number of hydrogen-bond acceptors (Lipinski definition) is 3. The zero-order chi connectivity index (χ0) is 11.7. The van der Waals surface area contributed by atoms with Crippen molar-refractivity contribution in [2.24, 2.45) is 0 Å². The van der Waals surface area contributed by atoms with Crippen molar-refractivity contribution in [1.29, 1.82) is 0 Å². The number of ketones is 1. The van der Waals surface area contributed by atoms with E-state index in [1.807, 2.05) is 13.0 Å². The average Bonchev–Trinajstić information content (AvgIpc) is 2.28. The molecule has 0 aliphatic carbocycles. The van der Waals surface area contributed by atoms with Crippen LogP contribution < -0.4 is 5.56 Å². The molecule has 0 spiro atoms. The number of fused-ring (bicyclic) bond motifs is 1. The van der Waals surface area contributed by atoms with Crippen molar-refractivity contribution >= 4 is 11.4 Å². The maximum Gasteiger partial charge on any atom is 0.268 e. The lowest BCUT2D eigenvalue weighted by molar-refractivity contribution is 0.101. The molecule has 0 atom stereocenters. The molecule has 4 nitrogen and oxygen atoms in total. The summed E-state index contributed by atoms with van der Waals surface area (Å²) in [5, 5.41) is 0. The number of hydrogen-bond donors (Lipinski definition) is 0. The summed E-state index contributed by atoms with van der Waals surface area (Å²) in [5.74, 6) is -0.229. The second-order valence-electron chi connectivity index (χ2n) is 3.58. The van der Waals surface area contributed by atoms with Gasteiger partial charge in [0.15, 0.2) is 5.78 Å². The topological polar surface area (TPSA) is 51.4 Å². The Morgan fingerprint density at radius 3 is 2.81 bits per heavy atom. The summed E-state index contributed by atoms with van der Waals surface area (Å²) >= 11 is 0. The van der Waals surface area contributed by atoms with Gasteiger partial charge in [0.2, 0.25) is 0 Å². The zero-order valence-electron chi connectivity index (χ0n) is 9.23. The summed E-state index contributed by atoms with van der Waals surface area (Å²) in [4.78, 5) is 27.8. The van der Waals surface area contributed by atoms with Crippen LogP contribution in [0.4, 0.5) is 0 Å². The van der Waals surface area contributed by atoms with Gasteiger partial charge in [0.05, 0.1) is 5.69 Å². The summed E-state index contributed by atoms with van der Waals surface area (Å²) in [5.41, 5.74) is 1.07. The van der Waals surface area contributed by atoms with Crippen molar-refractivity contribution in [1.82, 2.24) is 9.38 Å². The van der Waals surface area contributed by atoms with E-state index in [1.54, 1.807) is 18.3 Å². The van der Waals surface area contributed by atoms with Crippen LogP contribution in [0.2, 0.25) is 0 Å². The van der Waals surface area contributed by atoms with E-state index in [0.717, 1.165) is 0 Å². The van der Waals surface area contributed by atoms with Gasteiger partial charge in [0.25, 0.3) is 5.56 Å². The van der Waals surface area contributed by atoms with Gasteiger partial charge in [-0.2, -0.15) is 0 Å². The molecule has 4 heteroatoms. The third-order valence-corrected chi connectivity index (χ3v) is 2.50. The molecule has 0 saturated carbocycles. The first-order chi connectivity index (χ1) is 7.65. The lowest BCUT2D eigenvalue weighted by Gasteiger charge is -2.06. The molecule has 82 valence electrons. The van der Waals surface area contributed by atoms with Gasteiger partial charge >= 0.3 is 0 Å². The molecule has 0 fully saturated rings. The molecule has 0 N–H and O–H groups in total. The summed E-state index contributed by atoms with van der Waals surface area (Å²) < 4.78 is 1.40. The van der Waals surface area contributed by atoms with E-state index < -0.39 is 0 Å². The molecule has 16 heavy (non-hydrogen) atoms. The molecule has 0 saturated heterocycles. The molecule has 0 bridgehead atoms. The highest BCUT2D eigenvalue weighted by Crippen LogP contribution is 2.06. The second-order valence-corrected chi connectivity index (χ2v) is 3.58. The highest BCUT2D eigenvalue weighted by Gasteiger charge is 2.14. The van der Waals surface area contributed by atoms with Gasteiger partial charge in [0, 0.05) is 6.20 Å². The lowest BCUT2D eigenvalue weighted by atomic mass is 10.1. The molecule has 0 amide bonds. The Balaban J connectivity index is 2.94. The minimum absolute atomic E-state index is 0.200. The molecule has 0 aromatic carbocycles. The number of carbonyl (C=O) groups is 1. The Hall–Kier alpha value is -1.97. The molecule has 2 heterocycles. The standard InChI is InChI=1S/C12H12N2O2/c1-3-9-11(8(2)15)12(16)14-7-5-4-6-10(14)13-9/h4-7H,3H2,1-2H3. The van der Waals surface area contributed by atoms with Crippen LogP contribution >= 0.6 is 0 Å². The first-order valence-corrected chi connectivity index (χ1v) is 5.16. The normalized spacial score (nSPS) is 10.6. The maximum atomic E-state index is 12.1. The van der Waals surface area contributed by atoms with E-state index >= 15 is 0 Å². The molecule has 0 unspecified atom stereocenters. The number of aryl methyl sites for hydroxylation is 1. The van der Waals surface area contributed by atoms with Gasteiger partial charge in [0.1, 0.15) is 11.2 Å². The minimum atomic E-state index is -0.282. The number of rotatable bonds is 2. The predicted molar refractivity (Wildman–Crippen MR) is 60.8 cm³/mol. The molecule has 0 aliphatic heterocycles. The van der Waals surface area contributed by atoms with Crippen molar-refractivity contribution in [3.05, 3.63) is 46.0 Å². The summed E-state index contributed by atoms with van der Waals surface area (Å²) in [6.07, 6.45) is 2.20. The van der Waals surface area contributed by atoms with Crippen LogP contribution in [0.1, 0.15) is 29.9 Å². The second kappa shape index (κ2) is 3.89. The van der Waals surface area contributed by atoms with Crippen molar-refractivity contribution in [2.45, 2.75) is 20.3 Å². The lowest BCUT2D eigenvalue weighted by Crippen LogP contribution is -2.24. The Kier molecular flexibility index (Phi) is 2.56. The zero-order valence-corrected chi connectivity index (χ0v) is 9.23. The number of pyridine rings is 1. The van der Waals surface area contributed by atoms with Gasteiger partial charge in [-0.1, -0.05) is 13.0 Å². The number of aromatic nitrogens is 2. The summed E-state index contributed by atoms with van der Waals surface area (Å²) in [6.45, 7) is 3.28. The van der Waals surface area contributed by atoms with Crippen LogP contribution in [-0.4, -0.2) is 15.2 Å². The Morgan fingerprint density at radius 1 is 1.44 bits per heavy atom. The average molecular weight is 216 g/mol. The predicted octanol–water partition coefficient (Wildman–Crippen LogP) is 1.46. The van der Waals surface area contributed by atoms with E-state index in [1.165, 1.54) is 11.3 Å². The van der Waals surface area contributed by atoms with Gasteiger partial charge in [-0.25, -0.2) is 4.98 Å². The fraction of sp³-hybridized carbons (Fsp3) is 0.250. The Bertz CT molecular complexity index is 614. The largest absolute Gasteiger partial charge is 0.294 e. The molecule has 2 aromatic rings. The quantitative estimate of drug-likeness (QED) is 0.714. The fourth-order valence-corrected chi connectivity index (χ4v) is 1.74. The van der Waals surface area contributed by atoms with E-state index in [2.05, 4.69) is 4.98 Å². The SMILES string of the molecule is CCc1nc2ccccn2c(=O)c1C(C)=O. The van der Waals surface area contributed by atoms with Gasteiger partial charge in [-0.05, 0) is 25.5 Å². The molecule has 0 radical (unpaired) electrons. The smallest absolute Gasteiger partial charge is 0.268 e. The van der Waals surface area contributed by atoms with Crippen molar-refractivity contribution in [3.8, 4) is 0 Å². The fourth-order valence-electron chi connectivity index (χ4n) is 1.74. The number of carbonyl (C=O) groups excluding carboxylic acids is 1. The highest BCUT2D eigenvalue weighted by atomic mass is 16.1. The Morgan fingerprint density at radius 2 is 2.19 bits per heavy atom. The van der Waals surface area contributed by atoms with Gasteiger partial charge in [-0.3, -0.25) is 14.0 Å². The van der Waals surface area contributed by atoms with Gasteiger partial charge < -0.3 is 0 Å². The van der Waals surface area contributed by atoms with Crippen LogP contribution in [0, 0.1) is 0 Å².